The van der Waals surface area contributed by atoms with E-state index in [1.165, 1.54) is 6.26 Å². The molecule has 0 saturated carbocycles. The Kier molecular flexibility index (Phi) is 5.65. The second-order valence-corrected chi connectivity index (χ2v) is 6.21. The summed E-state index contributed by atoms with van der Waals surface area (Å²) < 4.78 is 10.1. The molecule has 0 unspecified atom stereocenters. The number of urea groups is 1. The van der Waals surface area contributed by atoms with Gasteiger partial charge >= 0.3 is 12.1 Å². The van der Waals surface area contributed by atoms with Crippen LogP contribution >= 0.6 is 0 Å². The molecule has 0 aliphatic carbocycles. The van der Waals surface area contributed by atoms with Crippen LogP contribution in [0.4, 0.5) is 9.59 Å². The molecule has 2 fully saturated rings. The van der Waals surface area contributed by atoms with Crippen LogP contribution in [0.3, 0.4) is 0 Å². The van der Waals surface area contributed by atoms with E-state index in [0.717, 1.165) is 0 Å². The summed E-state index contributed by atoms with van der Waals surface area (Å²) in [5.41, 5.74) is 0. The molecular weight excluding hydrogens is 340 g/mol. The van der Waals surface area contributed by atoms with E-state index in [1.54, 1.807) is 38.7 Å². The minimum atomic E-state index is -0.329. The summed E-state index contributed by atoms with van der Waals surface area (Å²) in [6.07, 6.45) is 1.15. The molecule has 0 atom stereocenters. The van der Waals surface area contributed by atoms with Crippen molar-refractivity contribution in [2.45, 2.75) is 6.92 Å². The minimum absolute atomic E-state index is 0.0430. The Labute approximate surface area is 152 Å². The van der Waals surface area contributed by atoms with Crippen molar-refractivity contribution in [3.8, 4) is 0 Å². The zero-order valence-corrected chi connectivity index (χ0v) is 14.9. The largest absolute Gasteiger partial charge is 0.459 e. The van der Waals surface area contributed by atoms with Crippen molar-refractivity contribution < 1.29 is 23.5 Å². The van der Waals surface area contributed by atoms with Crippen molar-refractivity contribution in [2.24, 2.45) is 0 Å². The fraction of sp³-hybridized carbons (Fsp3) is 0.588. The van der Waals surface area contributed by atoms with Crippen LogP contribution in [0.15, 0.2) is 22.8 Å². The van der Waals surface area contributed by atoms with Crippen molar-refractivity contribution in [3.05, 3.63) is 24.2 Å². The SMILES string of the molecule is CCOC(=O)N1CCN(C(=O)N2CCN(C(=O)c3ccco3)CC2)CC1. The van der Waals surface area contributed by atoms with Gasteiger partial charge in [0.15, 0.2) is 5.76 Å². The number of rotatable bonds is 2. The van der Waals surface area contributed by atoms with Crippen LogP contribution in [0.1, 0.15) is 17.5 Å². The predicted octanol–water partition coefficient (Wildman–Crippen LogP) is 0.931. The van der Waals surface area contributed by atoms with Crippen molar-refractivity contribution in [2.75, 3.05) is 59.0 Å². The van der Waals surface area contributed by atoms with Crippen molar-refractivity contribution in [3.63, 3.8) is 0 Å². The van der Waals surface area contributed by atoms with Crippen LogP contribution in [0.2, 0.25) is 0 Å². The van der Waals surface area contributed by atoms with Crippen LogP contribution in [0.5, 0.6) is 0 Å². The Bertz CT molecular complexity index is 632. The topological polar surface area (TPSA) is 86.5 Å². The first-order chi connectivity index (χ1) is 12.6. The van der Waals surface area contributed by atoms with Gasteiger partial charge in [0.2, 0.25) is 0 Å². The number of hydrogen-bond acceptors (Lipinski definition) is 5. The lowest BCUT2D eigenvalue weighted by atomic mass is 10.3. The quantitative estimate of drug-likeness (QED) is 0.779. The first-order valence-corrected chi connectivity index (χ1v) is 8.88. The maximum Gasteiger partial charge on any atom is 0.409 e. The number of piperazine rings is 2. The highest BCUT2D eigenvalue weighted by molar-refractivity contribution is 5.91. The van der Waals surface area contributed by atoms with Gasteiger partial charge in [-0.05, 0) is 19.1 Å². The average Bonchev–Trinajstić information content (AvgIpc) is 3.22. The monoisotopic (exact) mass is 364 g/mol. The zero-order valence-electron chi connectivity index (χ0n) is 14.9. The van der Waals surface area contributed by atoms with Crippen molar-refractivity contribution in [1.82, 2.24) is 19.6 Å². The van der Waals surface area contributed by atoms with E-state index in [9.17, 15) is 14.4 Å². The van der Waals surface area contributed by atoms with Gasteiger partial charge in [-0.1, -0.05) is 0 Å². The lowest BCUT2D eigenvalue weighted by Crippen LogP contribution is -2.58. The third kappa shape index (κ3) is 3.92. The number of nitrogens with zero attached hydrogens (tertiary/aromatic N) is 4. The molecule has 26 heavy (non-hydrogen) atoms. The first-order valence-electron chi connectivity index (χ1n) is 8.88. The third-order valence-electron chi connectivity index (χ3n) is 4.65. The molecule has 2 aliphatic heterocycles. The average molecular weight is 364 g/mol. The molecule has 3 rings (SSSR count). The van der Waals surface area contributed by atoms with Crippen LogP contribution in [0, 0.1) is 0 Å². The Morgan fingerprint density at radius 1 is 0.923 bits per heavy atom. The molecule has 0 bridgehead atoms. The van der Waals surface area contributed by atoms with E-state index in [4.69, 9.17) is 9.15 Å². The molecule has 142 valence electrons. The molecule has 2 aliphatic rings. The summed E-state index contributed by atoms with van der Waals surface area (Å²) in [6.45, 7) is 5.98. The van der Waals surface area contributed by atoms with Gasteiger partial charge in [0.05, 0.1) is 12.9 Å². The van der Waals surface area contributed by atoms with E-state index in [-0.39, 0.29) is 18.0 Å². The summed E-state index contributed by atoms with van der Waals surface area (Å²) >= 11 is 0. The van der Waals surface area contributed by atoms with Gasteiger partial charge in [-0.15, -0.1) is 0 Å². The minimum Gasteiger partial charge on any atom is -0.459 e. The summed E-state index contributed by atoms with van der Waals surface area (Å²) in [7, 11) is 0. The predicted molar refractivity (Wildman–Crippen MR) is 91.7 cm³/mol. The number of ether oxygens (including phenoxy) is 1. The third-order valence-corrected chi connectivity index (χ3v) is 4.65. The van der Waals surface area contributed by atoms with E-state index in [0.29, 0.717) is 64.7 Å². The number of hydrogen-bond donors (Lipinski definition) is 0. The van der Waals surface area contributed by atoms with Gasteiger partial charge in [-0.2, -0.15) is 0 Å². The van der Waals surface area contributed by atoms with Gasteiger partial charge < -0.3 is 28.8 Å². The van der Waals surface area contributed by atoms with Gasteiger partial charge in [0.1, 0.15) is 0 Å². The van der Waals surface area contributed by atoms with Gasteiger partial charge in [-0.25, -0.2) is 9.59 Å². The Balaban J connectivity index is 1.46. The second kappa shape index (κ2) is 8.11. The Morgan fingerprint density at radius 2 is 1.46 bits per heavy atom. The number of amides is 4. The summed E-state index contributed by atoms with van der Waals surface area (Å²) in [6, 6.07) is 3.28. The van der Waals surface area contributed by atoms with Gasteiger partial charge in [0, 0.05) is 52.4 Å². The molecule has 0 spiro atoms. The smallest absolute Gasteiger partial charge is 0.409 e. The van der Waals surface area contributed by atoms with Crippen LogP contribution in [0.25, 0.3) is 0 Å². The highest BCUT2D eigenvalue weighted by atomic mass is 16.6. The normalized spacial score (nSPS) is 18.0. The standard InChI is InChI=1S/C17H24N4O5/c1-2-25-17(24)21-11-9-20(10-12-21)16(23)19-7-5-18(6-8-19)15(22)14-4-3-13-26-14/h3-4,13H,2,5-12H2,1H3. The Morgan fingerprint density at radius 3 is 1.96 bits per heavy atom. The molecule has 1 aromatic heterocycles. The molecule has 0 N–H and O–H groups in total. The Hall–Kier alpha value is -2.71. The maximum atomic E-state index is 12.7. The van der Waals surface area contributed by atoms with E-state index in [2.05, 4.69) is 0 Å². The van der Waals surface area contributed by atoms with Crippen molar-refractivity contribution in [1.29, 1.82) is 0 Å². The molecule has 9 heteroatoms. The molecule has 9 nitrogen and oxygen atoms in total. The molecule has 4 amide bonds. The molecule has 0 radical (unpaired) electrons. The van der Waals surface area contributed by atoms with Crippen LogP contribution in [-0.2, 0) is 4.74 Å². The highest BCUT2D eigenvalue weighted by Gasteiger charge is 2.31. The fourth-order valence-electron chi connectivity index (χ4n) is 3.15. The molecule has 1 aromatic rings. The van der Waals surface area contributed by atoms with E-state index < -0.39 is 0 Å². The maximum absolute atomic E-state index is 12.7. The van der Waals surface area contributed by atoms with E-state index in [1.807, 2.05) is 0 Å². The summed E-state index contributed by atoms with van der Waals surface area (Å²) in [4.78, 5) is 43.5. The lowest BCUT2D eigenvalue weighted by molar-refractivity contribution is 0.0569. The number of furan rings is 1. The highest BCUT2D eigenvalue weighted by Crippen LogP contribution is 2.12. The molecule has 2 saturated heterocycles. The summed E-state index contributed by atoms with van der Waals surface area (Å²) in [5, 5.41) is 0. The summed E-state index contributed by atoms with van der Waals surface area (Å²) in [5.74, 6) is 0.171. The lowest BCUT2D eigenvalue weighted by Gasteiger charge is -2.40. The van der Waals surface area contributed by atoms with Crippen molar-refractivity contribution >= 4 is 18.0 Å². The van der Waals surface area contributed by atoms with Crippen LogP contribution in [-0.4, -0.2) is 96.6 Å². The fourth-order valence-corrected chi connectivity index (χ4v) is 3.15. The second-order valence-electron chi connectivity index (χ2n) is 6.21. The van der Waals surface area contributed by atoms with E-state index >= 15 is 0 Å². The number of carbonyl (C=O) groups is 3. The molecule has 3 heterocycles. The van der Waals surface area contributed by atoms with Gasteiger partial charge in [0.25, 0.3) is 5.91 Å². The molecular formula is C17H24N4O5. The van der Waals surface area contributed by atoms with Gasteiger partial charge in [-0.3, -0.25) is 4.79 Å². The van der Waals surface area contributed by atoms with Crippen LogP contribution < -0.4 is 0 Å². The molecule has 0 aromatic carbocycles. The zero-order chi connectivity index (χ0) is 18.5. The number of carbonyl (C=O) groups excluding carboxylic acids is 3. The first kappa shape index (κ1) is 18.1.